The summed E-state index contributed by atoms with van der Waals surface area (Å²) in [4.78, 5) is 4.60. The zero-order valence-corrected chi connectivity index (χ0v) is 11.6. The molecule has 3 rings (SSSR count). The molecule has 1 atom stereocenters. The molecule has 0 aliphatic rings. The van der Waals surface area contributed by atoms with E-state index in [2.05, 4.69) is 11.1 Å². The first kappa shape index (κ1) is 13.3. The van der Waals surface area contributed by atoms with Gasteiger partial charge in [-0.05, 0) is 31.2 Å². The summed E-state index contributed by atoms with van der Waals surface area (Å²) in [5.41, 5.74) is 2.53. The van der Waals surface area contributed by atoms with Crippen LogP contribution in [0.5, 0.6) is 0 Å². The Morgan fingerprint density at radius 2 is 2.05 bits per heavy atom. The molecule has 0 fully saturated rings. The number of rotatable bonds is 3. The highest BCUT2D eigenvalue weighted by Gasteiger charge is 2.14. The van der Waals surface area contributed by atoms with Crippen LogP contribution in [0.1, 0.15) is 6.92 Å². The van der Waals surface area contributed by atoms with Crippen molar-refractivity contribution in [1.29, 1.82) is 5.26 Å². The molecule has 21 heavy (non-hydrogen) atoms. The fourth-order valence-electron chi connectivity index (χ4n) is 2.42. The van der Waals surface area contributed by atoms with Gasteiger partial charge in [0.25, 0.3) is 0 Å². The summed E-state index contributed by atoms with van der Waals surface area (Å²) in [6, 6.07) is 16.4. The van der Waals surface area contributed by atoms with Crippen LogP contribution in [0.25, 0.3) is 22.4 Å². The second-order valence-electron chi connectivity index (χ2n) is 5.08. The van der Waals surface area contributed by atoms with Crippen LogP contribution in [0.2, 0.25) is 0 Å². The number of benzene rings is 2. The molecule has 0 saturated carbocycles. The van der Waals surface area contributed by atoms with E-state index in [1.165, 1.54) is 12.1 Å². The number of halogens is 1. The number of hydrogen-bond acceptors (Lipinski definition) is 2. The zero-order valence-electron chi connectivity index (χ0n) is 11.6. The third-order valence-electron chi connectivity index (χ3n) is 3.41. The first-order chi connectivity index (χ1) is 10.2. The lowest BCUT2D eigenvalue weighted by Crippen LogP contribution is -2.07. The van der Waals surface area contributed by atoms with Crippen LogP contribution in [0.4, 0.5) is 4.39 Å². The van der Waals surface area contributed by atoms with Crippen LogP contribution >= 0.6 is 0 Å². The van der Waals surface area contributed by atoms with Crippen LogP contribution in [-0.4, -0.2) is 9.55 Å². The van der Waals surface area contributed by atoms with Crippen molar-refractivity contribution in [2.24, 2.45) is 5.92 Å². The topological polar surface area (TPSA) is 41.6 Å². The summed E-state index contributed by atoms with van der Waals surface area (Å²) < 4.78 is 15.5. The third kappa shape index (κ3) is 2.50. The first-order valence-electron chi connectivity index (χ1n) is 6.80. The Morgan fingerprint density at radius 3 is 2.81 bits per heavy atom. The van der Waals surface area contributed by atoms with Gasteiger partial charge in [0.15, 0.2) is 0 Å². The van der Waals surface area contributed by atoms with E-state index >= 15 is 0 Å². The van der Waals surface area contributed by atoms with Crippen molar-refractivity contribution in [3.8, 4) is 17.5 Å². The van der Waals surface area contributed by atoms with Crippen LogP contribution in [-0.2, 0) is 6.54 Å². The molecule has 0 aliphatic heterocycles. The number of imidazole rings is 1. The van der Waals surface area contributed by atoms with Crippen LogP contribution in [0, 0.1) is 23.1 Å². The zero-order chi connectivity index (χ0) is 14.8. The molecule has 3 nitrogen and oxygen atoms in total. The SMILES string of the molecule is CC(C#N)Cn1c(-c2cccc(F)c2)nc2ccccc21. The first-order valence-corrected chi connectivity index (χ1v) is 6.80. The Kier molecular flexibility index (Phi) is 3.41. The average molecular weight is 279 g/mol. The van der Waals surface area contributed by atoms with Crippen LogP contribution in [0.15, 0.2) is 48.5 Å². The summed E-state index contributed by atoms with van der Waals surface area (Å²) in [5.74, 6) is 0.257. The van der Waals surface area contributed by atoms with E-state index in [-0.39, 0.29) is 11.7 Å². The standard InChI is InChI=1S/C17H14FN3/c1-12(10-19)11-21-16-8-3-2-7-15(16)20-17(21)13-5-4-6-14(18)9-13/h2-9,12H,11H2,1H3. The average Bonchev–Trinajstić information content (AvgIpc) is 2.86. The monoisotopic (exact) mass is 279 g/mol. The molecular formula is C17H14FN3. The maximum absolute atomic E-state index is 13.5. The maximum Gasteiger partial charge on any atom is 0.141 e. The molecule has 3 aromatic rings. The molecule has 2 aromatic carbocycles. The molecule has 1 aromatic heterocycles. The second-order valence-corrected chi connectivity index (χ2v) is 5.08. The van der Waals surface area contributed by atoms with Gasteiger partial charge in [-0.2, -0.15) is 5.26 Å². The molecule has 0 N–H and O–H groups in total. The Bertz CT molecular complexity index is 829. The van der Waals surface area contributed by atoms with Gasteiger partial charge in [-0.15, -0.1) is 0 Å². The quantitative estimate of drug-likeness (QED) is 0.727. The molecular weight excluding hydrogens is 265 g/mol. The van der Waals surface area contributed by atoms with Gasteiger partial charge < -0.3 is 4.57 Å². The van der Waals surface area contributed by atoms with Gasteiger partial charge in [0, 0.05) is 12.1 Å². The van der Waals surface area contributed by atoms with Crippen molar-refractivity contribution in [2.75, 3.05) is 0 Å². The van der Waals surface area contributed by atoms with Crippen molar-refractivity contribution in [3.63, 3.8) is 0 Å². The number of nitrogens with zero attached hydrogens (tertiary/aromatic N) is 3. The number of nitriles is 1. The number of hydrogen-bond donors (Lipinski definition) is 0. The molecule has 0 spiro atoms. The van der Waals surface area contributed by atoms with Gasteiger partial charge in [-0.1, -0.05) is 24.3 Å². The van der Waals surface area contributed by atoms with E-state index in [1.54, 1.807) is 6.07 Å². The van der Waals surface area contributed by atoms with Gasteiger partial charge in [0.2, 0.25) is 0 Å². The fraction of sp³-hybridized carbons (Fsp3) is 0.176. The Hall–Kier alpha value is -2.67. The molecule has 104 valence electrons. The molecule has 0 radical (unpaired) electrons. The van der Waals surface area contributed by atoms with E-state index in [4.69, 9.17) is 5.26 Å². The lowest BCUT2D eigenvalue weighted by molar-refractivity contribution is 0.596. The smallest absolute Gasteiger partial charge is 0.141 e. The van der Waals surface area contributed by atoms with Crippen LogP contribution in [0.3, 0.4) is 0 Å². The third-order valence-corrected chi connectivity index (χ3v) is 3.41. The highest BCUT2D eigenvalue weighted by Crippen LogP contribution is 2.26. The summed E-state index contributed by atoms with van der Waals surface area (Å²) in [6.45, 7) is 2.40. The van der Waals surface area contributed by atoms with Gasteiger partial charge >= 0.3 is 0 Å². The van der Waals surface area contributed by atoms with Crippen molar-refractivity contribution in [1.82, 2.24) is 9.55 Å². The fourth-order valence-corrected chi connectivity index (χ4v) is 2.42. The van der Waals surface area contributed by atoms with Gasteiger partial charge in [-0.25, -0.2) is 9.37 Å². The van der Waals surface area contributed by atoms with Gasteiger partial charge in [0.05, 0.1) is 23.0 Å². The largest absolute Gasteiger partial charge is 0.323 e. The van der Waals surface area contributed by atoms with Crippen molar-refractivity contribution < 1.29 is 4.39 Å². The summed E-state index contributed by atoms with van der Waals surface area (Å²) in [7, 11) is 0. The van der Waals surface area contributed by atoms with Crippen molar-refractivity contribution in [3.05, 3.63) is 54.3 Å². The lowest BCUT2D eigenvalue weighted by Gasteiger charge is -2.10. The molecule has 0 amide bonds. The van der Waals surface area contributed by atoms with Crippen molar-refractivity contribution >= 4 is 11.0 Å². The molecule has 4 heteroatoms. The lowest BCUT2D eigenvalue weighted by atomic mass is 10.1. The highest BCUT2D eigenvalue weighted by molar-refractivity contribution is 5.80. The Balaban J connectivity index is 2.21. The second kappa shape index (κ2) is 5.37. The highest BCUT2D eigenvalue weighted by atomic mass is 19.1. The Morgan fingerprint density at radius 1 is 1.24 bits per heavy atom. The number of para-hydroxylation sites is 2. The summed E-state index contributed by atoms with van der Waals surface area (Å²) in [5, 5.41) is 9.07. The molecule has 0 saturated heterocycles. The van der Waals surface area contributed by atoms with E-state index in [9.17, 15) is 4.39 Å². The summed E-state index contributed by atoms with van der Waals surface area (Å²) >= 11 is 0. The Labute approximate surface area is 122 Å². The normalized spacial score (nSPS) is 12.2. The minimum Gasteiger partial charge on any atom is -0.323 e. The minimum atomic E-state index is -0.292. The van der Waals surface area contributed by atoms with E-state index in [0.29, 0.717) is 12.4 Å². The van der Waals surface area contributed by atoms with E-state index < -0.39 is 0 Å². The predicted octanol–water partition coefficient (Wildman–Crippen LogP) is 4.00. The number of aromatic nitrogens is 2. The predicted molar refractivity (Wildman–Crippen MR) is 79.9 cm³/mol. The molecule has 0 aliphatic carbocycles. The van der Waals surface area contributed by atoms with Gasteiger partial charge in [0.1, 0.15) is 11.6 Å². The minimum absolute atomic E-state index is 0.144. The van der Waals surface area contributed by atoms with E-state index in [0.717, 1.165) is 16.6 Å². The van der Waals surface area contributed by atoms with Crippen molar-refractivity contribution in [2.45, 2.75) is 13.5 Å². The maximum atomic E-state index is 13.5. The molecule has 1 heterocycles. The van der Waals surface area contributed by atoms with E-state index in [1.807, 2.05) is 41.8 Å². The summed E-state index contributed by atoms with van der Waals surface area (Å²) in [6.07, 6.45) is 0. The molecule has 1 unspecified atom stereocenters. The van der Waals surface area contributed by atoms with Gasteiger partial charge in [-0.3, -0.25) is 0 Å². The number of fused-ring (bicyclic) bond motifs is 1. The van der Waals surface area contributed by atoms with Crippen LogP contribution < -0.4 is 0 Å². The molecule has 0 bridgehead atoms.